The lowest BCUT2D eigenvalue weighted by molar-refractivity contribution is -0.136. The van der Waals surface area contributed by atoms with Crippen LogP contribution in [0.5, 0.6) is 0 Å². The number of carboxylic acid groups (broad SMARTS) is 1. The van der Waals surface area contributed by atoms with Gasteiger partial charge in [0, 0.05) is 23.1 Å². The van der Waals surface area contributed by atoms with Crippen LogP contribution in [0.3, 0.4) is 0 Å². The van der Waals surface area contributed by atoms with E-state index in [2.05, 4.69) is 12.2 Å². The third-order valence-electron chi connectivity index (χ3n) is 2.36. The van der Waals surface area contributed by atoms with E-state index in [0.717, 1.165) is 19.3 Å². The molecule has 0 aromatic rings. The lowest BCUT2D eigenvalue weighted by Gasteiger charge is -2.11. The molecule has 6 heteroatoms. The van der Waals surface area contributed by atoms with Crippen molar-refractivity contribution >= 4 is 22.7 Å². The van der Waals surface area contributed by atoms with Crippen LogP contribution in [0.2, 0.25) is 0 Å². The van der Waals surface area contributed by atoms with Crippen molar-refractivity contribution in [3.05, 3.63) is 0 Å². The number of amides is 1. The third-order valence-corrected chi connectivity index (χ3v) is 3.97. The van der Waals surface area contributed by atoms with Crippen molar-refractivity contribution in [2.75, 3.05) is 12.3 Å². The molecule has 0 saturated heterocycles. The Morgan fingerprint density at radius 1 is 1.35 bits per heavy atom. The molecule has 0 aliphatic heterocycles. The fraction of sp³-hybridized carbons (Fsp3) is 0.818. The van der Waals surface area contributed by atoms with Gasteiger partial charge in [0.1, 0.15) is 5.25 Å². The molecular weight excluding hydrogens is 242 g/mol. The quantitative estimate of drug-likeness (QED) is 0.605. The van der Waals surface area contributed by atoms with Gasteiger partial charge >= 0.3 is 5.97 Å². The third kappa shape index (κ3) is 7.90. The van der Waals surface area contributed by atoms with E-state index in [1.54, 1.807) is 6.92 Å². The van der Waals surface area contributed by atoms with Gasteiger partial charge in [0.25, 0.3) is 0 Å². The van der Waals surface area contributed by atoms with Crippen LogP contribution in [0.4, 0.5) is 0 Å². The molecule has 0 spiro atoms. The second-order valence-corrected chi connectivity index (χ2v) is 5.75. The summed E-state index contributed by atoms with van der Waals surface area (Å²) in [7, 11) is -1.42. The molecule has 0 aromatic heterocycles. The van der Waals surface area contributed by atoms with Crippen molar-refractivity contribution in [1.82, 2.24) is 5.32 Å². The van der Waals surface area contributed by atoms with Crippen molar-refractivity contribution < 1.29 is 18.9 Å². The van der Waals surface area contributed by atoms with Gasteiger partial charge in [-0.05, 0) is 13.3 Å². The van der Waals surface area contributed by atoms with Gasteiger partial charge in [0.05, 0.1) is 6.42 Å². The maximum atomic E-state index is 11.6. The Morgan fingerprint density at radius 3 is 2.53 bits per heavy atom. The number of hydrogen-bond acceptors (Lipinski definition) is 3. The molecular formula is C11H21NO4S. The molecule has 0 heterocycles. The van der Waals surface area contributed by atoms with E-state index < -0.39 is 22.0 Å². The molecule has 0 aliphatic rings. The van der Waals surface area contributed by atoms with Gasteiger partial charge in [-0.2, -0.15) is 0 Å². The molecule has 0 bridgehead atoms. The van der Waals surface area contributed by atoms with Crippen LogP contribution in [0.1, 0.15) is 39.5 Å². The highest BCUT2D eigenvalue weighted by Crippen LogP contribution is 1.99. The summed E-state index contributed by atoms with van der Waals surface area (Å²) in [6.07, 6.45) is 2.88. The smallest absolute Gasteiger partial charge is 0.304 e. The number of aliphatic carboxylic acids is 1. The zero-order valence-electron chi connectivity index (χ0n) is 10.4. The lowest BCUT2D eigenvalue weighted by Crippen LogP contribution is -2.36. The number of carbonyl (C=O) groups is 2. The van der Waals surface area contributed by atoms with E-state index in [4.69, 9.17) is 5.11 Å². The number of hydrogen-bond donors (Lipinski definition) is 2. The summed E-state index contributed by atoms with van der Waals surface area (Å²) in [6, 6.07) is 0. The van der Waals surface area contributed by atoms with Crippen LogP contribution in [0, 0.1) is 0 Å². The fourth-order valence-electron chi connectivity index (χ4n) is 1.21. The zero-order chi connectivity index (χ0) is 13.3. The highest BCUT2D eigenvalue weighted by atomic mass is 32.2. The van der Waals surface area contributed by atoms with Crippen molar-refractivity contribution in [3.63, 3.8) is 0 Å². The van der Waals surface area contributed by atoms with Crippen molar-refractivity contribution in [3.8, 4) is 0 Å². The standard InChI is InChI=1S/C11H21NO4S/c1-3-4-5-7-12-11(15)9(2)17(16)8-6-10(13)14/h9H,3-8H2,1-2H3,(H,12,15)(H,13,14). The van der Waals surface area contributed by atoms with Crippen LogP contribution in [0.25, 0.3) is 0 Å². The Hall–Kier alpha value is -0.910. The molecule has 0 rings (SSSR count). The molecule has 0 aliphatic carbocycles. The van der Waals surface area contributed by atoms with E-state index in [0.29, 0.717) is 6.54 Å². The largest absolute Gasteiger partial charge is 0.481 e. The van der Waals surface area contributed by atoms with Crippen molar-refractivity contribution in [2.45, 2.75) is 44.8 Å². The van der Waals surface area contributed by atoms with Crippen LogP contribution >= 0.6 is 0 Å². The second kappa shape index (κ2) is 9.15. The first-order valence-electron chi connectivity index (χ1n) is 5.85. The number of nitrogens with one attached hydrogen (secondary N) is 1. The summed E-state index contributed by atoms with van der Waals surface area (Å²) in [5.41, 5.74) is 0. The Morgan fingerprint density at radius 2 is 2.00 bits per heavy atom. The van der Waals surface area contributed by atoms with E-state index in [-0.39, 0.29) is 18.1 Å². The van der Waals surface area contributed by atoms with Crippen LogP contribution < -0.4 is 5.32 Å². The fourth-order valence-corrected chi connectivity index (χ4v) is 2.27. The van der Waals surface area contributed by atoms with Gasteiger partial charge < -0.3 is 10.4 Å². The first-order valence-corrected chi connectivity index (χ1v) is 7.24. The maximum absolute atomic E-state index is 11.6. The Labute approximate surface area is 104 Å². The molecule has 100 valence electrons. The SMILES string of the molecule is CCCCCNC(=O)C(C)S(=O)CCC(=O)O. The average molecular weight is 263 g/mol. The highest BCUT2D eigenvalue weighted by molar-refractivity contribution is 7.86. The summed E-state index contributed by atoms with van der Waals surface area (Å²) in [5.74, 6) is -1.22. The van der Waals surface area contributed by atoms with E-state index in [1.807, 2.05) is 0 Å². The number of unbranched alkanes of at least 4 members (excludes halogenated alkanes) is 2. The first kappa shape index (κ1) is 16.1. The van der Waals surface area contributed by atoms with E-state index in [1.165, 1.54) is 0 Å². The molecule has 2 unspecified atom stereocenters. The minimum Gasteiger partial charge on any atom is -0.481 e. The highest BCUT2D eigenvalue weighted by Gasteiger charge is 2.19. The lowest BCUT2D eigenvalue weighted by atomic mass is 10.2. The minimum atomic E-state index is -1.42. The average Bonchev–Trinajstić information content (AvgIpc) is 2.30. The Bertz CT molecular complexity index is 281. The van der Waals surface area contributed by atoms with Gasteiger partial charge in [-0.3, -0.25) is 13.8 Å². The molecule has 5 nitrogen and oxygen atoms in total. The zero-order valence-corrected chi connectivity index (χ0v) is 11.2. The summed E-state index contributed by atoms with van der Waals surface area (Å²) < 4.78 is 11.6. The number of carboxylic acids is 1. The predicted octanol–water partition coefficient (Wildman–Crippen LogP) is 0.905. The monoisotopic (exact) mass is 263 g/mol. The van der Waals surface area contributed by atoms with Gasteiger partial charge in [-0.25, -0.2) is 0 Å². The normalized spacial score (nSPS) is 14.0. The molecule has 0 radical (unpaired) electrons. The van der Waals surface area contributed by atoms with Crippen molar-refractivity contribution in [1.29, 1.82) is 0 Å². The molecule has 1 amide bonds. The molecule has 0 saturated carbocycles. The Balaban J connectivity index is 3.86. The molecule has 2 atom stereocenters. The number of rotatable bonds is 9. The molecule has 0 fully saturated rings. The van der Waals surface area contributed by atoms with Crippen LogP contribution in [-0.2, 0) is 20.4 Å². The first-order chi connectivity index (χ1) is 7.99. The predicted molar refractivity (Wildman–Crippen MR) is 67.3 cm³/mol. The second-order valence-electron chi connectivity index (χ2n) is 3.87. The minimum absolute atomic E-state index is 0.0267. The van der Waals surface area contributed by atoms with Gasteiger partial charge in [-0.15, -0.1) is 0 Å². The van der Waals surface area contributed by atoms with Crippen LogP contribution in [0.15, 0.2) is 0 Å². The van der Waals surface area contributed by atoms with Gasteiger partial charge in [0.15, 0.2) is 0 Å². The van der Waals surface area contributed by atoms with Gasteiger partial charge in [0.2, 0.25) is 5.91 Å². The Kier molecular flexibility index (Phi) is 8.66. The summed E-state index contributed by atoms with van der Waals surface area (Å²) in [4.78, 5) is 21.8. The summed E-state index contributed by atoms with van der Waals surface area (Å²) in [6.45, 7) is 4.23. The van der Waals surface area contributed by atoms with Crippen molar-refractivity contribution in [2.24, 2.45) is 0 Å². The molecule has 0 aromatic carbocycles. The molecule has 17 heavy (non-hydrogen) atoms. The van der Waals surface area contributed by atoms with Gasteiger partial charge in [-0.1, -0.05) is 19.8 Å². The van der Waals surface area contributed by atoms with E-state index >= 15 is 0 Å². The summed E-state index contributed by atoms with van der Waals surface area (Å²) in [5, 5.41) is 10.5. The molecule has 2 N–H and O–H groups in total. The summed E-state index contributed by atoms with van der Waals surface area (Å²) >= 11 is 0. The van der Waals surface area contributed by atoms with E-state index in [9.17, 15) is 13.8 Å². The topological polar surface area (TPSA) is 83.5 Å². The number of carbonyl (C=O) groups excluding carboxylic acids is 1. The maximum Gasteiger partial charge on any atom is 0.304 e. The van der Waals surface area contributed by atoms with Crippen LogP contribution in [-0.4, -0.2) is 38.7 Å².